The third-order valence-electron chi connectivity index (χ3n) is 3.30. The second-order valence-corrected chi connectivity index (χ2v) is 6.04. The zero-order valence-electron chi connectivity index (χ0n) is 12.0. The highest BCUT2D eigenvalue weighted by atomic mass is 32.1. The van der Waals surface area contributed by atoms with Crippen LogP contribution in [-0.4, -0.2) is 21.6 Å². The highest BCUT2D eigenvalue weighted by Crippen LogP contribution is 2.24. The fourth-order valence-corrected chi connectivity index (χ4v) is 3.03. The van der Waals surface area contributed by atoms with E-state index in [4.69, 9.17) is 0 Å². The number of benzene rings is 1. The van der Waals surface area contributed by atoms with Crippen LogP contribution in [0.25, 0.3) is 10.6 Å². The van der Waals surface area contributed by atoms with E-state index in [0.717, 1.165) is 21.0 Å². The van der Waals surface area contributed by atoms with Crippen LogP contribution in [0.3, 0.4) is 0 Å². The van der Waals surface area contributed by atoms with Crippen molar-refractivity contribution >= 4 is 11.3 Å². The SMILES string of the molecule is OC(CNCc1cnc(-c2ccccc2)s1)c1ccncc1. The first-order valence-corrected chi connectivity index (χ1v) is 7.93. The second kappa shape index (κ2) is 7.26. The summed E-state index contributed by atoms with van der Waals surface area (Å²) in [6.45, 7) is 1.20. The molecule has 0 saturated heterocycles. The Morgan fingerprint density at radius 2 is 1.86 bits per heavy atom. The quantitative estimate of drug-likeness (QED) is 0.734. The number of aromatic nitrogens is 2. The number of aliphatic hydroxyl groups is 1. The highest BCUT2D eigenvalue weighted by molar-refractivity contribution is 7.15. The van der Waals surface area contributed by atoms with Crippen LogP contribution in [0.15, 0.2) is 61.1 Å². The smallest absolute Gasteiger partial charge is 0.123 e. The third-order valence-corrected chi connectivity index (χ3v) is 4.35. The summed E-state index contributed by atoms with van der Waals surface area (Å²) >= 11 is 1.67. The number of rotatable bonds is 6. The molecule has 0 aliphatic heterocycles. The fraction of sp³-hybridized carbons (Fsp3) is 0.176. The van der Waals surface area contributed by atoms with Crippen molar-refractivity contribution in [2.45, 2.75) is 12.6 Å². The molecule has 0 aliphatic rings. The molecule has 1 atom stereocenters. The molecule has 0 saturated carbocycles. The first-order valence-electron chi connectivity index (χ1n) is 7.12. The zero-order chi connectivity index (χ0) is 15.2. The molecule has 2 aromatic heterocycles. The molecule has 1 aromatic carbocycles. The number of hydrogen-bond acceptors (Lipinski definition) is 5. The molecule has 112 valence electrons. The minimum atomic E-state index is -0.524. The Balaban J connectivity index is 1.53. The third kappa shape index (κ3) is 3.76. The number of aliphatic hydroxyl groups excluding tert-OH is 1. The van der Waals surface area contributed by atoms with Gasteiger partial charge in [0.2, 0.25) is 0 Å². The fourth-order valence-electron chi connectivity index (χ4n) is 2.14. The molecule has 2 heterocycles. The molecule has 5 heteroatoms. The molecular formula is C17H17N3OS. The van der Waals surface area contributed by atoms with Gasteiger partial charge in [0.15, 0.2) is 0 Å². The summed E-state index contributed by atoms with van der Waals surface area (Å²) in [6.07, 6.45) is 4.74. The summed E-state index contributed by atoms with van der Waals surface area (Å²) in [5.74, 6) is 0. The minimum Gasteiger partial charge on any atom is -0.387 e. The number of thiazole rings is 1. The molecule has 4 nitrogen and oxygen atoms in total. The lowest BCUT2D eigenvalue weighted by Crippen LogP contribution is -2.20. The molecule has 0 fully saturated rings. The van der Waals surface area contributed by atoms with Gasteiger partial charge in [-0.3, -0.25) is 4.98 Å². The van der Waals surface area contributed by atoms with E-state index in [1.807, 2.05) is 36.5 Å². The van der Waals surface area contributed by atoms with Gasteiger partial charge in [-0.1, -0.05) is 30.3 Å². The van der Waals surface area contributed by atoms with E-state index in [0.29, 0.717) is 13.1 Å². The van der Waals surface area contributed by atoms with Crippen LogP contribution in [0.4, 0.5) is 0 Å². The van der Waals surface area contributed by atoms with Gasteiger partial charge in [0, 0.05) is 42.1 Å². The molecule has 3 aromatic rings. The van der Waals surface area contributed by atoms with E-state index in [1.165, 1.54) is 0 Å². The lowest BCUT2D eigenvalue weighted by atomic mass is 10.1. The molecule has 0 spiro atoms. The first kappa shape index (κ1) is 14.8. The Morgan fingerprint density at radius 1 is 1.09 bits per heavy atom. The topological polar surface area (TPSA) is 58.0 Å². The summed E-state index contributed by atoms with van der Waals surface area (Å²) in [4.78, 5) is 9.55. The van der Waals surface area contributed by atoms with E-state index < -0.39 is 6.10 Å². The molecule has 0 amide bonds. The summed E-state index contributed by atoms with van der Waals surface area (Å²) in [5, 5.41) is 14.4. The average molecular weight is 311 g/mol. The zero-order valence-corrected chi connectivity index (χ0v) is 12.8. The summed E-state index contributed by atoms with van der Waals surface area (Å²) in [7, 11) is 0. The van der Waals surface area contributed by atoms with Crippen LogP contribution >= 0.6 is 11.3 Å². The van der Waals surface area contributed by atoms with Gasteiger partial charge < -0.3 is 10.4 Å². The van der Waals surface area contributed by atoms with Gasteiger partial charge in [-0.2, -0.15) is 0 Å². The van der Waals surface area contributed by atoms with Gasteiger partial charge in [0.25, 0.3) is 0 Å². The molecule has 0 radical (unpaired) electrons. The van der Waals surface area contributed by atoms with Crippen molar-refractivity contribution in [3.8, 4) is 10.6 Å². The molecule has 1 unspecified atom stereocenters. The Labute approximate surface area is 133 Å². The van der Waals surface area contributed by atoms with Crippen molar-refractivity contribution < 1.29 is 5.11 Å². The van der Waals surface area contributed by atoms with Crippen molar-refractivity contribution in [3.05, 3.63) is 71.5 Å². The summed E-state index contributed by atoms with van der Waals surface area (Å²) in [5.41, 5.74) is 2.01. The highest BCUT2D eigenvalue weighted by Gasteiger charge is 2.08. The maximum absolute atomic E-state index is 10.1. The average Bonchev–Trinajstić information content (AvgIpc) is 3.05. The van der Waals surface area contributed by atoms with Crippen molar-refractivity contribution in [1.82, 2.24) is 15.3 Å². The Bertz CT molecular complexity index is 700. The van der Waals surface area contributed by atoms with Gasteiger partial charge in [-0.05, 0) is 17.7 Å². The Morgan fingerprint density at radius 3 is 2.64 bits per heavy atom. The van der Waals surface area contributed by atoms with Crippen LogP contribution in [-0.2, 0) is 6.54 Å². The van der Waals surface area contributed by atoms with Crippen LogP contribution in [0.2, 0.25) is 0 Å². The van der Waals surface area contributed by atoms with E-state index in [-0.39, 0.29) is 0 Å². The minimum absolute atomic E-state index is 0.503. The van der Waals surface area contributed by atoms with E-state index >= 15 is 0 Å². The molecular weight excluding hydrogens is 294 g/mol. The van der Waals surface area contributed by atoms with Crippen LogP contribution in [0.1, 0.15) is 16.5 Å². The van der Waals surface area contributed by atoms with Crippen molar-refractivity contribution in [3.63, 3.8) is 0 Å². The molecule has 0 bridgehead atoms. The molecule has 22 heavy (non-hydrogen) atoms. The van der Waals surface area contributed by atoms with Crippen molar-refractivity contribution in [2.75, 3.05) is 6.54 Å². The number of nitrogens with one attached hydrogen (secondary N) is 1. The van der Waals surface area contributed by atoms with Gasteiger partial charge in [-0.25, -0.2) is 4.98 Å². The van der Waals surface area contributed by atoms with E-state index in [9.17, 15) is 5.11 Å². The Kier molecular flexibility index (Phi) is 4.90. The van der Waals surface area contributed by atoms with Crippen LogP contribution in [0, 0.1) is 0 Å². The van der Waals surface area contributed by atoms with Gasteiger partial charge in [-0.15, -0.1) is 11.3 Å². The largest absolute Gasteiger partial charge is 0.387 e. The van der Waals surface area contributed by atoms with Crippen LogP contribution < -0.4 is 5.32 Å². The monoisotopic (exact) mass is 311 g/mol. The summed E-state index contributed by atoms with van der Waals surface area (Å²) < 4.78 is 0. The lowest BCUT2D eigenvalue weighted by molar-refractivity contribution is 0.174. The van der Waals surface area contributed by atoms with Crippen LogP contribution in [0.5, 0.6) is 0 Å². The summed E-state index contributed by atoms with van der Waals surface area (Å²) in [6, 6.07) is 13.8. The van der Waals surface area contributed by atoms with Crippen molar-refractivity contribution in [2.24, 2.45) is 0 Å². The second-order valence-electron chi connectivity index (χ2n) is 4.92. The molecule has 0 aliphatic carbocycles. The lowest BCUT2D eigenvalue weighted by Gasteiger charge is -2.11. The number of pyridine rings is 1. The van der Waals surface area contributed by atoms with Gasteiger partial charge in [0.1, 0.15) is 5.01 Å². The predicted octanol–water partition coefficient (Wildman–Crippen LogP) is 3.03. The van der Waals surface area contributed by atoms with Gasteiger partial charge >= 0.3 is 0 Å². The van der Waals surface area contributed by atoms with E-state index in [2.05, 4.69) is 27.4 Å². The number of hydrogen-bond donors (Lipinski definition) is 2. The molecule has 2 N–H and O–H groups in total. The predicted molar refractivity (Wildman–Crippen MR) is 88.5 cm³/mol. The number of nitrogens with zero attached hydrogens (tertiary/aromatic N) is 2. The Hall–Kier alpha value is -2.08. The molecule has 3 rings (SSSR count). The maximum Gasteiger partial charge on any atom is 0.123 e. The maximum atomic E-state index is 10.1. The first-order chi connectivity index (χ1) is 10.8. The normalized spacial score (nSPS) is 12.2. The van der Waals surface area contributed by atoms with Crippen molar-refractivity contribution in [1.29, 1.82) is 0 Å². The van der Waals surface area contributed by atoms with E-state index in [1.54, 1.807) is 23.7 Å². The standard InChI is InChI=1S/C17H17N3OS/c21-16(13-6-8-18-9-7-13)12-19-10-15-11-20-17(22-15)14-4-2-1-3-5-14/h1-9,11,16,19,21H,10,12H2. The van der Waals surface area contributed by atoms with Gasteiger partial charge in [0.05, 0.1) is 6.10 Å².